The van der Waals surface area contributed by atoms with Gasteiger partial charge in [0.15, 0.2) is 0 Å². The molecule has 2 rings (SSSR count). The van der Waals surface area contributed by atoms with Crippen LogP contribution in [0.5, 0.6) is 0 Å². The highest BCUT2D eigenvalue weighted by atomic mass is 19.1. The van der Waals surface area contributed by atoms with E-state index in [-0.39, 0.29) is 36.2 Å². The number of carbonyl (C=O) groups is 2. The summed E-state index contributed by atoms with van der Waals surface area (Å²) in [4.78, 5) is 28.0. The maximum absolute atomic E-state index is 13.4. The first-order chi connectivity index (χ1) is 14.8. The van der Waals surface area contributed by atoms with Crippen molar-refractivity contribution in [2.75, 3.05) is 13.2 Å². The van der Waals surface area contributed by atoms with E-state index in [1.54, 1.807) is 17.0 Å². The Morgan fingerprint density at radius 3 is 2.23 bits per heavy atom. The Morgan fingerprint density at radius 1 is 1.00 bits per heavy atom. The third-order valence-corrected chi connectivity index (χ3v) is 4.79. The van der Waals surface area contributed by atoms with Crippen LogP contribution in [0.15, 0.2) is 54.6 Å². The molecule has 6 heteroatoms. The van der Waals surface area contributed by atoms with Gasteiger partial charge < -0.3 is 15.0 Å². The standard InChI is InChI=1S/C25H33FN2O3/c1-18(2)25(30)28(17-20-11-13-22(26)14-12-20)23(21-9-6-5-7-10-21)24(29)27-15-8-16-31-19(3)4/h5-7,9-14,18-19,23H,8,15-17H2,1-4H3,(H,27,29)/t23-/m1/s1. The molecule has 0 saturated carbocycles. The predicted octanol–water partition coefficient (Wildman–Crippen LogP) is 4.48. The minimum Gasteiger partial charge on any atom is -0.379 e. The van der Waals surface area contributed by atoms with Crippen molar-refractivity contribution in [1.82, 2.24) is 10.2 Å². The first-order valence-corrected chi connectivity index (χ1v) is 10.8. The highest BCUT2D eigenvalue weighted by molar-refractivity contribution is 5.89. The van der Waals surface area contributed by atoms with E-state index < -0.39 is 6.04 Å². The fourth-order valence-corrected chi connectivity index (χ4v) is 3.22. The van der Waals surface area contributed by atoms with Gasteiger partial charge in [-0.1, -0.05) is 56.3 Å². The molecule has 2 aromatic carbocycles. The second-order valence-corrected chi connectivity index (χ2v) is 8.12. The summed E-state index contributed by atoms with van der Waals surface area (Å²) in [7, 11) is 0. The van der Waals surface area contributed by atoms with Crippen molar-refractivity contribution in [1.29, 1.82) is 0 Å². The van der Waals surface area contributed by atoms with Crippen LogP contribution in [0.2, 0.25) is 0 Å². The Hall–Kier alpha value is -2.73. The minimum atomic E-state index is -0.785. The largest absolute Gasteiger partial charge is 0.379 e. The zero-order valence-corrected chi connectivity index (χ0v) is 18.8. The summed E-state index contributed by atoms with van der Waals surface area (Å²) in [6.45, 7) is 8.77. The number of benzene rings is 2. The van der Waals surface area contributed by atoms with Crippen LogP contribution in [0.1, 0.15) is 51.3 Å². The summed E-state index contributed by atoms with van der Waals surface area (Å²) in [6, 6.07) is 14.5. The number of amides is 2. The number of ether oxygens (including phenoxy) is 1. The number of rotatable bonds is 11. The minimum absolute atomic E-state index is 0.141. The van der Waals surface area contributed by atoms with Crippen molar-refractivity contribution >= 4 is 11.8 Å². The predicted molar refractivity (Wildman–Crippen MR) is 120 cm³/mol. The van der Waals surface area contributed by atoms with E-state index in [0.29, 0.717) is 19.6 Å². The lowest BCUT2D eigenvalue weighted by atomic mass is 10.0. The van der Waals surface area contributed by atoms with Crippen LogP contribution in [0, 0.1) is 11.7 Å². The van der Waals surface area contributed by atoms with Gasteiger partial charge in [-0.25, -0.2) is 4.39 Å². The maximum atomic E-state index is 13.4. The molecule has 0 saturated heterocycles. The first-order valence-electron chi connectivity index (χ1n) is 10.8. The summed E-state index contributed by atoms with van der Waals surface area (Å²) >= 11 is 0. The Balaban J connectivity index is 2.27. The van der Waals surface area contributed by atoms with Gasteiger partial charge in [-0.2, -0.15) is 0 Å². The number of carbonyl (C=O) groups excluding carboxylic acids is 2. The first kappa shape index (κ1) is 24.5. The van der Waals surface area contributed by atoms with E-state index in [4.69, 9.17) is 4.74 Å². The SMILES string of the molecule is CC(C)OCCCNC(=O)[C@@H](c1ccccc1)N(Cc1ccc(F)cc1)C(=O)C(C)C. The molecule has 1 N–H and O–H groups in total. The molecule has 1 atom stereocenters. The van der Waals surface area contributed by atoms with Crippen molar-refractivity contribution in [3.63, 3.8) is 0 Å². The van der Waals surface area contributed by atoms with Gasteiger partial charge in [0.2, 0.25) is 11.8 Å². The third-order valence-electron chi connectivity index (χ3n) is 4.79. The molecule has 31 heavy (non-hydrogen) atoms. The van der Waals surface area contributed by atoms with Crippen LogP contribution in [0.4, 0.5) is 4.39 Å². The summed E-state index contributed by atoms with van der Waals surface area (Å²) in [5.41, 5.74) is 1.49. The van der Waals surface area contributed by atoms with Crippen LogP contribution in [-0.4, -0.2) is 36.0 Å². The molecule has 168 valence electrons. The van der Waals surface area contributed by atoms with Crippen molar-refractivity contribution in [3.8, 4) is 0 Å². The number of halogens is 1. The molecule has 2 aromatic rings. The second kappa shape index (κ2) is 12.2. The van der Waals surface area contributed by atoms with Crippen molar-refractivity contribution in [3.05, 3.63) is 71.5 Å². The van der Waals surface area contributed by atoms with E-state index in [1.165, 1.54) is 12.1 Å². The lowest BCUT2D eigenvalue weighted by Crippen LogP contribution is -2.45. The summed E-state index contributed by atoms with van der Waals surface area (Å²) in [5, 5.41) is 2.95. The molecule has 0 spiro atoms. The van der Waals surface area contributed by atoms with E-state index in [1.807, 2.05) is 58.0 Å². The van der Waals surface area contributed by atoms with Crippen molar-refractivity contribution in [2.24, 2.45) is 5.92 Å². The number of nitrogens with zero attached hydrogens (tertiary/aromatic N) is 1. The molecule has 0 bridgehead atoms. The van der Waals surface area contributed by atoms with Crippen LogP contribution >= 0.6 is 0 Å². The van der Waals surface area contributed by atoms with Crippen LogP contribution in [0.25, 0.3) is 0 Å². The lowest BCUT2D eigenvalue weighted by Gasteiger charge is -2.33. The molecule has 2 amide bonds. The number of hydrogen-bond acceptors (Lipinski definition) is 3. The maximum Gasteiger partial charge on any atom is 0.247 e. The molecule has 0 aliphatic carbocycles. The topological polar surface area (TPSA) is 58.6 Å². The Morgan fingerprint density at radius 2 is 1.65 bits per heavy atom. The van der Waals surface area contributed by atoms with Gasteiger partial charge in [-0.15, -0.1) is 0 Å². The van der Waals surface area contributed by atoms with Gasteiger partial charge in [0.1, 0.15) is 11.9 Å². The van der Waals surface area contributed by atoms with Crippen LogP contribution in [0.3, 0.4) is 0 Å². The van der Waals surface area contributed by atoms with Crippen LogP contribution in [-0.2, 0) is 20.9 Å². The molecule has 0 aliphatic heterocycles. The van der Waals surface area contributed by atoms with Gasteiger partial charge >= 0.3 is 0 Å². The average Bonchev–Trinajstić information content (AvgIpc) is 2.74. The van der Waals surface area contributed by atoms with E-state index in [2.05, 4.69) is 5.32 Å². The van der Waals surface area contributed by atoms with E-state index in [0.717, 1.165) is 11.1 Å². The molecule has 0 aromatic heterocycles. The van der Waals surface area contributed by atoms with E-state index >= 15 is 0 Å². The normalized spacial score (nSPS) is 12.1. The van der Waals surface area contributed by atoms with Gasteiger partial charge in [-0.05, 0) is 43.5 Å². The van der Waals surface area contributed by atoms with Crippen molar-refractivity contribution in [2.45, 2.75) is 52.8 Å². The number of nitrogens with one attached hydrogen (secondary N) is 1. The van der Waals surface area contributed by atoms with Gasteiger partial charge in [0, 0.05) is 25.6 Å². The molecule has 0 radical (unpaired) electrons. The van der Waals surface area contributed by atoms with Crippen molar-refractivity contribution < 1.29 is 18.7 Å². The molecule has 0 aliphatic rings. The Labute approximate surface area is 184 Å². The quantitative estimate of drug-likeness (QED) is 0.537. The number of hydrogen-bond donors (Lipinski definition) is 1. The highest BCUT2D eigenvalue weighted by Crippen LogP contribution is 2.25. The summed E-state index contributed by atoms with van der Waals surface area (Å²) < 4.78 is 18.9. The fraction of sp³-hybridized carbons (Fsp3) is 0.440. The third kappa shape index (κ3) is 7.79. The highest BCUT2D eigenvalue weighted by Gasteiger charge is 2.32. The Bertz CT molecular complexity index is 822. The zero-order chi connectivity index (χ0) is 22.8. The van der Waals surface area contributed by atoms with Gasteiger partial charge in [-0.3, -0.25) is 9.59 Å². The molecule has 5 nitrogen and oxygen atoms in total. The molecular weight excluding hydrogens is 395 g/mol. The molecular formula is C25H33FN2O3. The summed E-state index contributed by atoms with van der Waals surface area (Å²) in [6.07, 6.45) is 0.823. The zero-order valence-electron chi connectivity index (χ0n) is 18.8. The van der Waals surface area contributed by atoms with E-state index in [9.17, 15) is 14.0 Å². The monoisotopic (exact) mass is 428 g/mol. The Kier molecular flexibility index (Phi) is 9.66. The van der Waals surface area contributed by atoms with Crippen LogP contribution < -0.4 is 5.32 Å². The lowest BCUT2D eigenvalue weighted by molar-refractivity contribution is -0.144. The smallest absolute Gasteiger partial charge is 0.247 e. The summed E-state index contributed by atoms with van der Waals surface area (Å²) in [5.74, 6) is -1.02. The van der Waals surface area contributed by atoms with Gasteiger partial charge in [0.05, 0.1) is 6.10 Å². The fourth-order valence-electron chi connectivity index (χ4n) is 3.22. The second-order valence-electron chi connectivity index (χ2n) is 8.12. The molecule has 0 unspecified atom stereocenters. The molecule has 0 fully saturated rings. The van der Waals surface area contributed by atoms with Gasteiger partial charge in [0.25, 0.3) is 0 Å². The average molecular weight is 429 g/mol. The molecule has 0 heterocycles.